The fourth-order valence-corrected chi connectivity index (χ4v) is 2.26. The number of benzene rings is 2. The smallest absolute Gasteiger partial charge is 0.127 e. The van der Waals surface area contributed by atoms with Crippen LogP contribution in [0.15, 0.2) is 54.6 Å². The van der Waals surface area contributed by atoms with E-state index in [1.807, 2.05) is 42.5 Å². The molecule has 1 aliphatic rings. The molecule has 18 heavy (non-hydrogen) atoms. The Morgan fingerprint density at radius 1 is 0.889 bits per heavy atom. The summed E-state index contributed by atoms with van der Waals surface area (Å²) in [6.45, 7) is 0.742. The molecule has 0 spiro atoms. The second-order valence-electron chi connectivity index (χ2n) is 4.92. The first-order chi connectivity index (χ1) is 8.82. The average Bonchev–Trinajstić information content (AvgIpc) is 3.22. The van der Waals surface area contributed by atoms with E-state index in [0.717, 1.165) is 18.0 Å². The van der Waals surface area contributed by atoms with Crippen molar-refractivity contribution >= 4 is 0 Å². The zero-order chi connectivity index (χ0) is 12.4. The third-order valence-corrected chi connectivity index (χ3v) is 3.69. The van der Waals surface area contributed by atoms with Crippen LogP contribution in [0.4, 0.5) is 0 Å². The fraction of sp³-hybridized carbons (Fsp3) is 0.250. The van der Waals surface area contributed by atoms with E-state index in [0.29, 0.717) is 0 Å². The topological polar surface area (TPSA) is 35.2 Å². The summed E-state index contributed by atoms with van der Waals surface area (Å²) in [6, 6.07) is 18.2. The second kappa shape index (κ2) is 4.46. The Labute approximate surface area is 107 Å². The van der Waals surface area contributed by atoms with E-state index < -0.39 is 0 Å². The molecule has 92 valence electrons. The molecule has 0 saturated heterocycles. The molecule has 2 aromatic carbocycles. The first kappa shape index (κ1) is 11.3. The van der Waals surface area contributed by atoms with E-state index in [1.165, 1.54) is 18.4 Å². The van der Waals surface area contributed by atoms with Crippen LogP contribution in [0, 0.1) is 0 Å². The minimum Gasteiger partial charge on any atom is -0.457 e. The van der Waals surface area contributed by atoms with Crippen molar-refractivity contribution in [2.24, 2.45) is 5.73 Å². The van der Waals surface area contributed by atoms with E-state index in [9.17, 15) is 0 Å². The third-order valence-electron chi connectivity index (χ3n) is 3.69. The van der Waals surface area contributed by atoms with Gasteiger partial charge < -0.3 is 10.5 Å². The normalized spacial score (nSPS) is 16.3. The van der Waals surface area contributed by atoms with Crippen LogP contribution in [0.1, 0.15) is 18.4 Å². The molecule has 0 aromatic heterocycles. The lowest BCUT2D eigenvalue weighted by Crippen LogP contribution is -2.19. The number of ether oxygens (including phenoxy) is 1. The first-order valence-corrected chi connectivity index (χ1v) is 6.36. The van der Waals surface area contributed by atoms with Crippen LogP contribution in [0.3, 0.4) is 0 Å². The quantitative estimate of drug-likeness (QED) is 0.886. The predicted octanol–water partition coefficient (Wildman–Crippen LogP) is 3.47. The second-order valence-corrected chi connectivity index (χ2v) is 4.92. The molecule has 0 unspecified atom stereocenters. The van der Waals surface area contributed by atoms with E-state index in [2.05, 4.69) is 12.1 Å². The zero-order valence-electron chi connectivity index (χ0n) is 10.3. The van der Waals surface area contributed by atoms with Crippen molar-refractivity contribution in [2.45, 2.75) is 18.3 Å². The van der Waals surface area contributed by atoms with Gasteiger partial charge >= 0.3 is 0 Å². The lowest BCUT2D eigenvalue weighted by atomic mass is 9.96. The molecule has 0 heterocycles. The van der Waals surface area contributed by atoms with Crippen molar-refractivity contribution in [3.05, 3.63) is 60.2 Å². The van der Waals surface area contributed by atoms with Gasteiger partial charge in [-0.2, -0.15) is 0 Å². The van der Waals surface area contributed by atoms with Gasteiger partial charge in [0, 0.05) is 12.0 Å². The Kier molecular flexibility index (Phi) is 2.80. The molecule has 2 N–H and O–H groups in total. The van der Waals surface area contributed by atoms with Gasteiger partial charge in [-0.15, -0.1) is 0 Å². The van der Waals surface area contributed by atoms with Crippen molar-refractivity contribution in [2.75, 3.05) is 6.54 Å². The van der Waals surface area contributed by atoms with E-state index >= 15 is 0 Å². The van der Waals surface area contributed by atoms with Crippen LogP contribution in [0.5, 0.6) is 11.5 Å². The standard InChI is InChI=1S/C16H17NO/c17-12-16(10-11-16)13-6-8-15(9-7-13)18-14-4-2-1-3-5-14/h1-9H,10-12,17H2. The molecule has 2 nitrogen and oxygen atoms in total. The van der Waals surface area contributed by atoms with Gasteiger partial charge in [-0.05, 0) is 42.7 Å². The highest BCUT2D eigenvalue weighted by molar-refractivity contribution is 5.38. The first-order valence-electron chi connectivity index (χ1n) is 6.36. The van der Waals surface area contributed by atoms with Crippen LogP contribution < -0.4 is 10.5 Å². The molecule has 0 atom stereocenters. The number of hydrogen-bond donors (Lipinski definition) is 1. The maximum absolute atomic E-state index is 5.83. The molecule has 1 fully saturated rings. The molecular formula is C16H17NO. The minimum atomic E-state index is 0.255. The Hall–Kier alpha value is -1.80. The van der Waals surface area contributed by atoms with Gasteiger partial charge in [0.2, 0.25) is 0 Å². The number of nitrogens with two attached hydrogens (primary N) is 1. The highest BCUT2D eigenvalue weighted by Crippen LogP contribution is 2.47. The van der Waals surface area contributed by atoms with Crippen molar-refractivity contribution in [1.29, 1.82) is 0 Å². The molecular weight excluding hydrogens is 222 g/mol. The fourth-order valence-electron chi connectivity index (χ4n) is 2.26. The van der Waals surface area contributed by atoms with Crippen LogP contribution >= 0.6 is 0 Å². The van der Waals surface area contributed by atoms with Crippen LogP contribution in [0.2, 0.25) is 0 Å². The van der Waals surface area contributed by atoms with Gasteiger partial charge in [-0.3, -0.25) is 0 Å². The molecule has 3 rings (SSSR count). The molecule has 0 radical (unpaired) electrons. The summed E-state index contributed by atoms with van der Waals surface area (Å²) in [5.74, 6) is 1.74. The van der Waals surface area contributed by atoms with Crippen molar-refractivity contribution < 1.29 is 4.74 Å². The molecule has 0 amide bonds. The Morgan fingerprint density at radius 3 is 2.06 bits per heavy atom. The minimum absolute atomic E-state index is 0.255. The van der Waals surface area contributed by atoms with Crippen molar-refractivity contribution in [3.8, 4) is 11.5 Å². The Balaban J connectivity index is 1.76. The van der Waals surface area contributed by atoms with E-state index in [-0.39, 0.29) is 5.41 Å². The number of rotatable bonds is 4. The van der Waals surface area contributed by atoms with Gasteiger partial charge in [-0.1, -0.05) is 30.3 Å². The average molecular weight is 239 g/mol. The molecule has 1 aliphatic carbocycles. The molecule has 2 heteroatoms. The Morgan fingerprint density at radius 2 is 1.50 bits per heavy atom. The van der Waals surface area contributed by atoms with Gasteiger partial charge in [0.05, 0.1) is 0 Å². The van der Waals surface area contributed by atoms with E-state index in [4.69, 9.17) is 10.5 Å². The maximum atomic E-state index is 5.83. The monoisotopic (exact) mass is 239 g/mol. The van der Waals surface area contributed by atoms with Crippen molar-refractivity contribution in [1.82, 2.24) is 0 Å². The van der Waals surface area contributed by atoms with Gasteiger partial charge in [0.15, 0.2) is 0 Å². The summed E-state index contributed by atoms with van der Waals surface area (Å²) in [5, 5.41) is 0. The largest absolute Gasteiger partial charge is 0.457 e. The van der Waals surface area contributed by atoms with Crippen LogP contribution in [-0.4, -0.2) is 6.54 Å². The predicted molar refractivity (Wildman–Crippen MR) is 72.9 cm³/mol. The molecule has 0 bridgehead atoms. The highest BCUT2D eigenvalue weighted by atomic mass is 16.5. The lowest BCUT2D eigenvalue weighted by Gasteiger charge is -2.13. The third kappa shape index (κ3) is 2.12. The van der Waals surface area contributed by atoms with E-state index in [1.54, 1.807) is 0 Å². The van der Waals surface area contributed by atoms with Gasteiger partial charge in [-0.25, -0.2) is 0 Å². The van der Waals surface area contributed by atoms with Gasteiger partial charge in [0.1, 0.15) is 11.5 Å². The summed E-state index contributed by atoms with van der Waals surface area (Å²) in [7, 11) is 0. The zero-order valence-corrected chi connectivity index (χ0v) is 10.3. The maximum Gasteiger partial charge on any atom is 0.127 e. The summed E-state index contributed by atoms with van der Waals surface area (Å²) < 4.78 is 5.77. The Bertz CT molecular complexity index is 515. The number of para-hydroxylation sites is 1. The van der Waals surface area contributed by atoms with Crippen molar-refractivity contribution in [3.63, 3.8) is 0 Å². The summed E-state index contributed by atoms with van der Waals surface area (Å²) >= 11 is 0. The molecule has 0 aliphatic heterocycles. The highest BCUT2D eigenvalue weighted by Gasteiger charge is 2.42. The molecule has 2 aromatic rings. The van der Waals surface area contributed by atoms with Gasteiger partial charge in [0.25, 0.3) is 0 Å². The summed E-state index contributed by atoms with van der Waals surface area (Å²) in [4.78, 5) is 0. The summed E-state index contributed by atoms with van der Waals surface area (Å²) in [6.07, 6.45) is 2.42. The van der Waals surface area contributed by atoms with Crippen LogP contribution in [0.25, 0.3) is 0 Å². The summed E-state index contributed by atoms with van der Waals surface area (Å²) in [5.41, 5.74) is 7.42. The molecule has 1 saturated carbocycles. The van der Waals surface area contributed by atoms with Crippen LogP contribution in [-0.2, 0) is 5.41 Å². The SMILES string of the molecule is NCC1(c2ccc(Oc3ccccc3)cc2)CC1. The lowest BCUT2D eigenvalue weighted by molar-refractivity contribution is 0.482. The number of hydrogen-bond acceptors (Lipinski definition) is 2.